The van der Waals surface area contributed by atoms with Crippen molar-refractivity contribution in [3.05, 3.63) is 40.6 Å². The van der Waals surface area contributed by atoms with Gasteiger partial charge in [-0.1, -0.05) is 70.1 Å². The van der Waals surface area contributed by atoms with E-state index in [1.54, 1.807) is 11.9 Å². The number of amides is 2. The number of aliphatic hydroxyl groups excluding tert-OH is 1. The normalized spacial score (nSPS) is 14.2. The molecule has 0 saturated heterocycles. The largest absolute Gasteiger partial charge is 0.395 e. The molecule has 5 nitrogen and oxygen atoms in total. The number of carbonyl (C=O) groups is 2. The van der Waals surface area contributed by atoms with Gasteiger partial charge in [0.2, 0.25) is 0 Å². The first-order valence-corrected chi connectivity index (χ1v) is 11.4. The van der Waals surface area contributed by atoms with E-state index in [-0.39, 0.29) is 18.4 Å². The summed E-state index contributed by atoms with van der Waals surface area (Å²) in [6.07, 6.45) is 9.35. The minimum Gasteiger partial charge on any atom is -0.395 e. The molecule has 1 aromatic carbocycles. The number of aliphatic hydroxyl groups is 1. The lowest BCUT2D eigenvalue weighted by Crippen LogP contribution is -2.35. The third kappa shape index (κ3) is 5.94. The molecule has 0 fully saturated rings. The summed E-state index contributed by atoms with van der Waals surface area (Å²) < 4.78 is 0. The van der Waals surface area contributed by atoms with Crippen LogP contribution in [0.4, 0.5) is 0 Å². The molecule has 30 heavy (non-hydrogen) atoms. The molecule has 2 amide bonds. The smallest absolute Gasteiger partial charge is 0.277 e. The second kappa shape index (κ2) is 11.9. The average molecular weight is 415 g/mol. The SMILES string of the molecule is CCCCCCCCCCN1C(=O)C(c2ccc(C)c(C)c2)=C(N(C)CCO)C1=O. The van der Waals surface area contributed by atoms with Gasteiger partial charge in [0.05, 0.1) is 12.2 Å². The van der Waals surface area contributed by atoms with Gasteiger partial charge >= 0.3 is 0 Å². The van der Waals surface area contributed by atoms with Crippen LogP contribution in [0.2, 0.25) is 0 Å². The fourth-order valence-corrected chi connectivity index (χ4v) is 3.94. The summed E-state index contributed by atoms with van der Waals surface area (Å²) >= 11 is 0. The zero-order valence-corrected chi connectivity index (χ0v) is 19.2. The van der Waals surface area contributed by atoms with Gasteiger partial charge in [0, 0.05) is 20.1 Å². The lowest BCUT2D eigenvalue weighted by atomic mass is 9.99. The zero-order chi connectivity index (χ0) is 22.1. The standard InChI is InChI=1S/C25H38N2O3/c1-5-6-7-8-9-10-11-12-15-27-24(29)22(21-14-13-19(2)20(3)18-21)23(25(27)30)26(4)16-17-28/h13-14,18,28H,5-12,15-17H2,1-4H3. The maximum absolute atomic E-state index is 13.2. The van der Waals surface area contributed by atoms with Crippen LogP contribution in [0, 0.1) is 13.8 Å². The van der Waals surface area contributed by atoms with E-state index in [1.165, 1.54) is 37.0 Å². The predicted octanol–water partition coefficient (Wildman–Crippen LogP) is 4.45. The molecule has 166 valence electrons. The highest BCUT2D eigenvalue weighted by Crippen LogP contribution is 2.32. The Morgan fingerprint density at radius 1 is 0.900 bits per heavy atom. The van der Waals surface area contributed by atoms with Crippen LogP contribution < -0.4 is 0 Å². The van der Waals surface area contributed by atoms with Crippen LogP contribution in [0.3, 0.4) is 0 Å². The van der Waals surface area contributed by atoms with Crippen molar-refractivity contribution in [1.82, 2.24) is 9.80 Å². The van der Waals surface area contributed by atoms with Crippen molar-refractivity contribution in [2.75, 3.05) is 26.7 Å². The van der Waals surface area contributed by atoms with E-state index in [0.29, 0.717) is 24.4 Å². The van der Waals surface area contributed by atoms with Gasteiger partial charge in [-0.05, 0) is 37.0 Å². The first-order chi connectivity index (χ1) is 14.4. The van der Waals surface area contributed by atoms with Crippen LogP contribution in [0.5, 0.6) is 0 Å². The van der Waals surface area contributed by atoms with E-state index >= 15 is 0 Å². The van der Waals surface area contributed by atoms with Gasteiger partial charge < -0.3 is 10.0 Å². The van der Waals surface area contributed by atoms with Crippen molar-refractivity contribution >= 4 is 17.4 Å². The first-order valence-electron chi connectivity index (χ1n) is 11.4. The highest BCUT2D eigenvalue weighted by molar-refractivity contribution is 6.35. The molecular formula is C25H38N2O3. The molecule has 1 N–H and O–H groups in total. The van der Waals surface area contributed by atoms with Gasteiger partial charge in [0.15, 0.2) is 0 Å². The van der Waals surface area contributed by atoms with Gasteiger partial charge in [0.25, 0.3) is 11.8 Å². The molecular weight excluding hydrogens is 376 g/mol. The number of rotatable bonds is 13. The molecule has 1 aliphatic heterocycles. The first kappa shape index (κ1) is 24.1. The quantitative estimate of drug-likeness (QED) is 0.383. The summed E-state index contributed by atoms with van der Waals surface area (Å²) in [5.74, 6) is -0.460. The lowest BCUT2D eigenvalue weighted by Gasteiger charge is -2.20. The van der Waals surface area contributed by atoms with Gasteiger partial charge in [0.1, 0.15) is 5.70 Å². The number of nitrogens with zero attached hydrogens (tertiary/aromatic N) is 2. The molecule has 0 unspecified atom stereocenters. The summed E-state index contributed by atoms with van der Waals surface area (Å²) in [6.45, 7) is 6.96. The van der Waals surface area contributed by atoms with Crippen LogP contribution in [-0.4, -0.2) is 53.5 Å². The molecule has 2 rings (SSSR count). The van der Waals surface area contributed by atoms with E-state index in [9.17, 15) is 14.7 Å². The molecule has 0 spiro atoms. The Morgan fingerprint density at radius 2 is 1.53 bits per heavy atom. The molecule has 0 bridgehead atoms. The number of likely N-dealkylation sites (N-methyl/N-ethyl adjacent to an activating group) is 1. The Labute approximate surface area is 181 Å². The Morgan fingerprint density at radius 3 is 2.13 bits per heavy atom. The van der Waals surface area contributed by atoms with E-state index in [2.05, 4.69) is 6.92 Å². The number of benzene rings is 1. The highest BCUT2D eigenvalue weighted by Gasteiger charge is 2.40. The van der Waals surface area contributed by atoms with Crippen molar-refractivity contribution in [1.29, 1.82) is 0 Å². The van der Waals surface area contributed by atoms with Crippen molar-refractivity contribution in [3.63, 3.8) is 0 Å². The molecule has 0 aliphatic carbocycles. The van der Waals surface area contributed by atoms with Crippen LogP contribution >= 0.6 is 0 Å². The number of unbranched alkanes of at least 4 members (excludes halogenated alkanes) is 7. The molecule has 1 aromatic rings. The summed E-state index contributed by atoms with van der Waals surface area (Å²) in [5, 5.41) is 9.36. The lowest BCUT2D eigenvalue weighted by molar-refractivity contribution is -0.137. The summed E-state index contributed by atoms with van der Waals surface area (Å²) in [5.41, 5.74) is 3.87. The molecule has 0 saturated carbocycles. The van der Waals surface area contributed by atoms with Crippen molar-refractivity contribution < 1.29 is 14.7 Å². The summed E-state index contributed by atoms with van der Waals surface area (Å²) in [7, 11) is 1.76. The van der Waals surface area contributed by atoms with E-state index < -0.39 is 0 Å². The highest BCUT2D eigenvalue weighted by atomic mass is 16.3. The summed E-state index contributed by atoms with van der Waals surface area (Å²) in [6, 6.07) is 5.87. The molecule has 5 heteroatoms. The second-order valence-electron chi connectivity index (χ2n) is 8.40. The van der Waals surface area contributed by atoms with E-state index in [4.69, 9.17) is 0 Å². The number of carbonyl (C=O) groups excluding carboxylic acids is 2. The molecule has 0 aromatic heterocycles. The maximum Gasteiger partial charge on any atom is 0.277 e. The van der Waals surface area contributed by atoms with Gasteiger partial charge in [-0.25, -0.2) is 0 Å². The third-order valence-electron chi connectivity index (χ3n) is 5.99. The summed E-state index contributed by atoms with van der Waals surface area (Å²) in [4.78, 5) is 29.5. The zero-order valence-electron chi connectivity index (χ0n) is 19.2. The molecule has 0 radical (unpaired) electrons. The Bertz CT molecular complexity index is 770. The minimum absolute atomic E-state index is 0.0697. The van der Waals surface area contributed by atoms with Crippen LogP contribution in [0.15, 0.2) is 23.9 Å². The maximum atomic E-state index is 13.2. The molecule has 0 atom stereocenters. The Balaban J connectivity index is 2.09. The fraction of sp³-hybridized carbons (Fsp3) is 0.600. The number of imide groups is 1. The molecule has 1 aliphatic rings. The monoisotopic (exact) mass is 414 g/mol. The topological polar surface area (TPSA) is 60.9 Å². The predicted molar refractivity (Wildman–Crippen MR) is 122 cm³/mol. The fourth-order valence-electron chi connectivity index (χ4n) is 3.94. The van der Waals surface area contributed by atoms with Crippen molar-refractivity contribution in [2.24, 2.45) is 0 Å². The average Bonchev–Trinajstić information content (AvgIpc) is 2.96. The van der Waals surface area contributed by atoms with Gasteiger partial charge in [-0.3, -0.25) is 14.5 Å². The number of hydrogen-bond donors (Lipinski definition) is 1. The minimum atomic E-state index is -0.243. The third-order valence-corrected chi connectivity index (χ3v) is 5.99. The van der Waals surface area contributed by atoms with Crippen molar-refractivity contribution in [3.8, 4) is 0 Å². The molecule has 1 heterocycles. The van der Waals surface area contributed by atoms with Crippen LogP contribution in [0.25, 0.3) is 5.57 Å². The van der Waals surface area contributed by atoms with E-state index in [1.807, 2.05) is 32.0 Å². The van der Waals surface area contributed by atoms with Gasteiger partial charge in [-0.2, -0.15) is 0 Å². The van der Waals surface area contributed by atoms with Crippen LogP contribution in [0.1, 0.15) is 75.0 Å². The Hall–Kier alpha value is -2.14. The van der Waals surface area contributed by atoms with Crippen LogP contribution in [-0.2, 0) is 9.59 Å². The second-order valence-corrected chi connectivity index (χ2v) is 8.40. The number of aryl methyl sites for hydroxylation is 2. The van der Waals surface area contributed by atoms with Gasteiger partial charge in [-0.15, -0.1) is 0 Å². The Kier molecular flexibility index (Phi) is 9.57. The van der Waals surface area contributed by atoms with Crippen molar-refractivity contribution in [2.45, 2.75) is 72.1 Å². The number of hydrogen-bond acceptors (Lipinski definition) is 4. The van der Waals surface area contributed by atoms with E-state index in [0.717, 1.165) is 36.0 Å².